The van der Waals surface area contributed by atoms with Gasteiger partial charge in [-0.15, -0.1) is 11.8 Å². The smallest absolute Gasteiger partial charge is 0.246 e. The molecule has 0 unspecified atom stereocenters. The molecule has 4 nitrogen and oxygen atoms in total. The average Bonchev–Trinajstić information content (AvgIpc) is 3.26. The first-order valence-electron chi connectivity index (χ1n) is 6.76. The number of benzene rings is 1. The summed E-state index contributed by atoms with van der Waals surface area (Å²) in [5, 5.41) is 0. The van der Waals surface area contributed by atoms with Crippen LogP contribution >= 0.6 is 11.8 Å². The molecule has 1 aliphatic carbocycles. The quantitative estimate of drug-likeness (QED) is 0.835. The van der Waals surface area contributed by atoms with Gasteiger partial charge in [-0.2, -0.15) is 0 Å². The summed E-state index contributed by atoms with van der Waals surface area (Å²) < 4.78 is -0.266. The van der Waals surface area contributed by atoms with Crippen LogP contribution in [0.25, 0.3) is 0 Å². The monoisotopic (exact) mass is 290 g/mol. The standard InChI is InChI=1S/C15H18N2O2S/c1-16-12-6-4-3-5-11(12)9-17(10-13(16)18)14(19)15(20-2)7-8-15/h3-6H,7-10H2,1-2H3. The Morgan fingerprint density at radius 3 is 2.60 bits per heavy atom. The molecule has 1 heterocycles. The zero-order valence-corrected chi connectivity index (χ0v) is 12.6. The molecule has 0 bridgehead atoms. The topological polar surface area (TPSA) is 40.6 Å². The largest absolute Gasteiger partial charge is 0.328 e. The number of rotatable bonds is 2. The molecular weight excluding hydrogens is 272 g/mol. The first kappa shape index (κ1) is 13.5. The Bertz CT molecular complexity index is 569. The normalized spacial score (nSPS) is 20.4. The Balaban J connectivity index is 1.92. The molecule has 1 saturated carbocycles. The molecule has 2 amide bonds. The van der Waals surface area contributed by atoms with E-state index in [1.54, 1.807) is 28.6 Å². The second-order valence-electron chi connectivity index (χ2n) is 5.44. The maximum absolute atomic E-state index is 12.7. The molecule has 1 aromatic carbocycles. The van der Waals surface area contributed by atoms with Crippen molar-refractivity contribution in [1.82, 2.24) is 4.90 Å². The van der Waals surface area contributed by atoms with E-state index >= 15 is 0 Å². The van der Waals surface area contributed by atoms with E-state index in [1.807, 2.05) is 30.5 Å². The van der Waals surface area contributed by atoms with E-state index in [0.29, 0.717) is 6.54 Å². The van der Waals surface area contributed by atoms with Gasteiger partial charge in [0.1, 0.15) is 6.54 Å². The third-order valence-electron chi connectivity index (χ3n) is 4.19. The van der Waals surface area contributed by atoms with Gasteiger partial charge in [-0.05, 0) is 30.7 Å². The fourth-order valence-corrected chi connectivity index (χ4v) is 3.50. The molecule has 5 heteroatoms. The maximum atomic E-state index is 12.7. The highest BCUT2D eigenvalue weighted by atomic mass is 32.2. The van der Waals surface area contributed by atoms with Crippen LogP contribution in [0.15, 0.2) is 24.3 Å². The van der Waals surface area contributed by atoms with Crippen molar-refractivity contribution >= 4 is 29.3 Å². The van der Waals surface area contributed by atoms with E-state index in [9.17, 15) is 9.59 Å². The van der Waals surface area contributed by atoms with Crippen molar-refractivity contribution in [3.8, 4) is 0 Å². The maximum Gasteiger partial charge on any atom is 0.246 e. The highest BCUT2D eigenvalue weighted by Gasteiger charge is 2.51. The molecule has 1 aromatic rings. The number of nitrogens with zero attached hydrogens (tertiary/aromatic N) is 2. The Kier molecular flexibility index (Phi) is 3.24. The van der Waals surface area contributed by atoms with Crippen LogP contribution in [0.4, 0.5) is 5.69 Å². The Morgan fingerprint density at radius 1 is 1.25 bits per heavy atom. The molecular formula is C15H18N2O2S. The number of fused-ring (bicyclic) bond motifs is 1. The molecule has 1 aliphatic heterocycles. The minimum Gasteiger partial charge on any atom is -0.328 e. The number of thioether (sulfide) groups is 1. The van der Waals surface area contributed by atoms with Gasteiger partial charge < -0.3 is 9.80 Å². The van der Waals surface area contributed by atoms with Crippen molar-refractivity contribution in [1.29, 1.82) is 0 Å². The summed E-state index contributed by atoms with van der Waals surface area (Å²) in [5.41, 5.74) is 1.94. The van der Waals surface area contributed by atoms with Crippen molar-refractivity contribution in [3.63, 3.8) is 0 Å². The minimum absolute atomic E-state index is 0.0276. The Hall–Kier alpha value is -1.49. The zero-order valence-electron chi connectivity index (χ0n) is 11.8. The molecule has 3 rings (SSSR count). The van der Waals surface area contributed by atoms with E-state index in [4.69, 9.17) is 0 Å². The average molecular weight is 290 g/mol. The van der Waals surface area contributed by atoms with Crippen LogP contribution < -0.4 is 4.90 Å². The summed E-state index contributed by atoms with van der Waals surface area (Å²) >= 11 is 1.61. The predicted octanol–water partition coefficient (Wildman–Crippen LogP) is 1.89. The molecule has 0 atom stereocenters. The molecule has 0 radical (unpaired) electrons. The van der Waals surface area contributed by atoms with Gasteiger partial charge in [-0.3, -0.25) is 9.59 Å². The summed E-state index contributed by atoms with van der Waals surface area (Å²) in [6.07, 6.45) is 3.83. The van der Waals surface area contributed by atoms with E-state index in [-0.39, 0.29) is 23.1 Å². The van der Waals surface area contributed by atoms with Gasteiger partial charge in [0.15, 0.2) is 0 Å². The summed E-state index contributed by atoms with van der Waals surface area (Å²) in [6.45, 7) is 0.694. The SMILES string of the molecule is CSC1(C(=O)N2CC(=O)N(C)c3ccccc3C2)CC1. The molecule has 0 saturated heterocycles. The molecule has 2 aliphatic rings. The van der Waals surface area contributed by atoms with E-state index in [1.165, 1.54) is 0 Å². The highest BCUT2D eigenvalue weighted by molar-refractivity contribution is 8.01. The number of carbonyl (C=O) groups is 2. The second-order valence-corrected chi connectivity index (χ2v) is 6.63. The van der Waals surface area contributed by atoms with Crippen LogP contribution in [-0.4, -0.2) is 41.3 Å². The van der Waals surface area contributed by atoms with Crippen LogP contribution in [0, 0.1) is 0 Å². The van der Waals surface area contributed by atoms with Crippen molar-refractivity contribution in [3.05, 3.63) is 29.8 Å². The van der Waals surface area contributed by atoms with Gasteiger partial charge >= 0.3 is 0 Å². The molecule has 106 valence electrons. The van der Waals surface area contributed by atoms with Crippen LogP contribution in [0.3, 0.4) is 0 Å². The van der Waals surface area contributed by atoms with Gasteiger partial charge in [0.25, 0.3) is 0 Å². The molecule has 0 spiro atoms. The van der Waals surface area contributed by atoms with Crippen LogP contribution in [-0.2, 0) is 16.1 Å². The summed E-state index contributed by atoms with van der Waals surface area (Å²) in [7, 11) is 1.77. The van der Waals surface area contributed by atoms with Crippen molar-refractivity contribution < 1.29 is 9.59 Å². The lowest BCUT2D eigenvalue weighted by Gasteiger charge is -2.24. The van der Waals surface area contributed by atoms with E-state index < -0.39 is 0 Å². The third-order valence-corrected chi connectivity index (χ3v) is 5.55. The Morgan fingerprint density at radius 2 is 1.95 bits per heavy atom. The summed E-state index contributed by atoms with van der Waals surface area (Å²) in [4.78, 5) is 28.3. The Labute approximate surface area is 123 Å². The lowest BCUT2D eigenvalue weighted by Crippen LogP contribution is -2.43. The second kappa shape index (κ2) is 4.81. The fourth-order valence-electron chi connectivity index (χ4n) is 2.69. The fraction of sp³-hybridized carbons (Fsp3) is 0.467. The van der Waals surface area contributed by atoms with E-state index in [2.05, 4.69) is 0 Å². The molecule has 0 N–H and O–H groups in total. The van der Waals surface area contributed by atoms with Crippen molar-refractivity contribution in [2.45, 2.75) is 24.1 Å². The minimum atomic E-state index is -0.266. The number of para-hydroxylation sites is 1. The van der Waals surface area contributed by atoms with Crippen molar-refractivity contribution in [2.75, 3.05) is 24.7 Å². The predicted molar refractivity (Wildman–Crippen MR) is 80.7 cm³/mol. The molecule has 0 aromatic heterocycles. The number of likely N-dealkylation sites (N-methyl/N-ethyl adjacent to an activating group) is 1. The lowest BCUT2D eigenvalue weighted by atomic mass is 10.1. The summed E-state index contributed by atoms with van der Waals surface area (Å²) in [5.74, 6) is 0.0867. The van der Waals surface area contributed by atoms with Gasteiger partial charge in [0, 0.05) is 19.3 Å². The van der Waals surface area contributed by atoms with Crippen LogP contribution in [0.1, 0.15) is 18.4 Å². The summed E-state index contributed by atoms with van der Waals surface area (Å²) in [6, 6.07) is 7.79. The van der Waals surface area contributed by atoms with Crippen LogP contribution in [0.2, 0.25) is 0 Å². The zero-order chi connectivity index (χ0) is 14.3. The highest BCUT2D eigenvalue weighted by Crippen LogP contribution is 2.49. The lowest BCUT2D eigenvalue weighted by molar-refractivity contribution is -0.135. The van der Waals surface area contributed by atoms with Gasteiger partial charge in [-0.1, -0.05) is 18.2 Å². The molecule has 1 fully saturated rings. The van der Waals surface area contributed by atoms with E-state index in [0.717, 1.165) is 24.1 Å². The van der Waals surface area contributed by atoms with Crippen LogP contribution in [0.5, 0.6) is 0 Å². The first-order chi connectivity index (χ1) is 9.57. The number of hydrogen-bond donors (Lipinski definition) is 0. The number of hydrogen-bond acceptors (Lipinski definition) is 3. The number of anilines is 1. The third kappa shape index (κ3) is 2.10. The van der Waals surface area contributed by atoms with Gasteiger partial charge in [-0.25, -0.2) is 0 Å². The molecule has 20 heavy (non-hydrogen) atoms. The first-order valence-corrected chi connectivity index (χ1v) is 7.99. The van der Waals surface area contributed by atoms with Gasteiger partial charge in [0.2, 0.25) is 11.8 Å². The van der Waals surface area contributed by atoms with Crippen molar-refractivity contribution in [2.24, 2.45) is 0 Å². The number of carbonyl (C=O) groups excluding carboxylic acids is 2. The van der Waals surface area contributed by atoms with Gasteiger partial charge in [0.05, 0.1) is 4.75 Å². The number of amides is 2.